The van der Waals surface area contributed by atoms with E-state index in [-0.39, 0.29) is 11.9 Å². The lowest BCUT2D eigenvalue weighted by atomic mass is 10.2. The van der Waals surface area contributed by atoms with Crippen LogP contribution in [0.3, 0.4) is 0 Å². The highest BCUT2D eigenvalue weighted by molar-refractivity contribution is 5.93. The molecule has 0 radical (unpaired) electrons. The molecule has 31 heavy (non-hydrogen) atoms. The highest BCUT2D eigenvalue weighted by atomic mass is 16.5. The number of anilines is 2. The van der Waals surface area contributed by atoms with E-state index in [1.807, 2.05) is 17.0 Å². The second-order valence-electron chi connectivity index (χ2n) is 7.29. The number of morpholine rings is 1. The Labute approximate surface area is 180 Å². The Morgan fingerprint density at radius 2 is 1.68 bits per heavy atom. The second kappa shape index (κ2) is 8.97. The van der Waals surface area contributed by atoms with Crippen LogP contribution < -0.4 is 15.4 Å². The molecule has 160 valence electrons. The Balaban J connectivity index is 1.65. The lowest BCUT2D eigenvalue weighted by molar-refractivity contribution is 0.0827. The quantitative estimate of drug-likeness (QED) is 0.628. The van der Waals surface area contributed by atoms with Gasteiger partial charge in [-0.05, 0) is 48.5 Å². The molecule has 0 unspecified atom stereocenters. The van der Waals surface area contributed by atoms with Gasteiger partial charge in [-0.1, -0.05) is 0 Å². The van der Waals surface area contributed by atoms with Gasteiger partial charge in [0.05, 0.1) is 13.2 Å². The van der Waals surface area contributed by atoms with Gasteiger partial charge in [-0.25, -0.2) is 0 Å². The Hall–Kier alpha value is -3.72. The van der Waals surface area contributed by atoms with Crippen LogP contribution >= 0.6 is 0 Å². The van der Waals surface area contributed by atoms with Crippen molar-refractivity contribution in [3.8, 4) is 23.1 Å². The van der Waals surface area contributed by atoms with Gasteiger partial charge in [-0.15, -0.1) is 0 Å². The second-order valence-corrected chi connectivity index (χ2v) is 7.29. The minimum atomic E-state index is -0.0769. The van der Waals surface area contributed by atoms with E-state index in [4.69, 9.17) is 15.2 Å². The van der Waals surface area contributed by atoms with Crippen LogP contribution in [0.4, 0.5) is 11.6 Å². The largest absolute Gasteiger partial charge is 0.424 e. The Bertz CT molecular complexity index is 1050. The number of nitrogens with two attached hydrogens (primary N) is 1. The van der Waals surface area contributed by atoms with Gasteiger partial charge in [0.1, 0.15) is 5.75 Å². The van der Waals surface area contributed by atoms with E-state index in [2.05, 4.69) is 15.0 Å². The van der Waals surface area contributed by atoms with Gasteiger partial charge in [-0.2, -0.15) is 15.0 Å². The van der Waals surface area contributed by atoms with Gasteiger partial charge in [0, 0.05) is 44.0 Å². The number of nitrogen functional groups attached to an aromatic ring is 1. The van der Waals surface area contributed by atoms with Gasteiger partial charge < -0.3 is 25.0 Å². The predicted octanol–water partition coefficient (Wildman–Crippen LogP) is 2.45. The summed E-state index contributed by atoms with van der Waals surface area (Å²) < 4.78 is 11.4. The van der Waals surface area contributed by atoms with Crippen LogP contribution in [0.5, 0.6) is 11.8 Å². The Morgan fingerprint density at radius 1 is 1.00 bits per heavy atom. The lowest BCUT2D eigenvalue weighted by Crippen LogP contribution is -2.37. The third-order valence-corrected chi connectivity index (χ3v) is 4.78. The van der Waals surface area contributed by atoms with E-state index in [0.29, 0.717) is 55.1 Å². The van der Waals surface area contributed by atoms with Crippen LogP contribution in [0.2, 0.25) is 0 Å². The summed E-state index contributed by atoms with van der Waals surface area (Å²) >= 11 is 0. The zero-order valence-electron chi connectivity index (χ0n) is 17.5. The summed E-state index contributed by atoms with van der Waals surface area (Å²) in [5.41, 5.74) is 7.85. The predicted molar refractivity (Wildman–Crippen MR) is 117 cm³/mol. The van der Waals surface area contributed by atoms with Crippen molar-refractivity contribution in [3.63, 3.8) is 0 Å². The summed E-state index contributed by atoms with van der Waals surface area (Å²) in [5.74, 6) is 1.47. The van der Waals surface area contributed by atoms with Crippen molar-refractivity contribution in [3.05, 3.63) is 54.1 Å². The van der Waals surface area contributed by atoms with Crippen LogP contribution in [-0.4, -0.2) is 66.2 Å². The summed E-state index contributed by atoms with van der Waals surface area (Å²) in [7, 11) is 3.42. The molecule has 1 aliphatic rings. The summed E-state index contributed by atoms with van der Waals surface area (Å²) in [6, 6.07) is 14.4. The van der Waals surface area contributed by atoms with Gasteiger partial charge in [0.15, 0.2) is 5.82 Å². The molecule has 1 fully saturated rings. The molecule has 0 spiro atoms. The molecule has 0 aliphatic carbocycles. The van der Waals surface area contributed by atoms with Crippen molar-refractivity contribution >= 4 is 17.5 Å². The molecular formula is C22H24N6O3. The maximum atomic E-state index is 12.1. The summed E-state index contributed by atoms with van der Waals surface area (Å²) in [6.07, 6.45) is 0. The molecule has 4 rings (SSSR count). The number of benzene rings is 2. The molecule has 9 nitrogen and oxygen atoms in total. The number of carbonyl (C=O) groups is 1. The minimum Gasteiger partial charge on any atom is -0.424 e. The minimum absolute atomic E-state index is 0.0769. The third kappa shape index (κ3) is 4.89. The first-order chi connectivity index (χ1) is 15.0. The molecule has 0 atom stereocenters. The van der Waals surface area contributed by atoms with Crippen LogP contribution in [0.15, 0.2) is 48.5 Å². The van der Waals surface area contributed by atoms with Crippen molar-refractivity contribution < 1.29 is 14.3 Å². The smallest absolute Gasteiger partial charge is 0.327 e. The van der Waals surface area contributed by atoms with Crippen LogP contribution in [0, 0.1) is 0 Å². The van der Waals surface area contributed by atoms with Crippen LogP contribution in [-0.2, 0) is 4.74 Å². The molecule has 2 N–H and O–H groups in total. The molecule has 2 aromatic carbocycles. The van der Waals surface area contributed by atoms with Gasteiger partial charge >= 0.3 is 6.01 Å². The molecule has 1 aromatic heterocycles. The SMILES string of the molecule is CN(C)C(=O)c1ccc(Oc2nc(-c3ccc(N)cc3)nc(N3CCOCC3)n2)cc1. The van der Waals surface area contributed by atoms with Crippen LogP contribution in [0.25, 0.3) is 11.4 Å². The Kier molecular flexibility index (Phi) is 5.94. The van der Waals surface area contributed by atoms with Crippen molar-refractivity contribution in [2.75, 3.05) is 51.0 Å². The number of amides is 1. The third-order valence-electron chi connectivity index (χ3n) is 4.78. The maximum absolute atomic E-state index is 12.1. The zero-order chi connectivity index (χ0) is 21.8. The highest BCUT2D eigenvalue weighted by Gasteiger charge is 2.18. The monoisotopic (exact) mass is 420 g/mol. The zero-order valence-corrected chi connectivity index (χ0v) is 17.5. The first-order valence-electron chi connectivity index (χ1n) is 9.94. The van der Waals surface area contributed by atoms with E-state index in [1.54, 1.807) is 50.5 Å². The fraction of sp³-hybridized carbons (Fsp3) is 0.273. The number of aromatic nitrogens is 3. The fourth-order valence-corrected chi connectivity index (χ4v) is 3.09. The number of ether oxygens (including phenoxy) is 2. The van der Waals surface area contributed by atoms with Crippen molar-refractivity contribution in [2.24, 2.45) is 0 Å². The topological polar surface area (TPSA) is 107 Å². The van der Waals surface area contributed by atoms with Gasteiger partial charge in [-0.3, -0.25) is 4.79 Å². The molecule has 9 heteroatoms. The van der Waals surface area contributed by atoms with E-state index >= 15 is 0 Å². The molecule has 0 bridgehead atoms. The number of nitrogens with zero attached hydrogens (tertiary/aromatic N) is 5. The van der Waals surface area contributed by atoms with Gasteiger partial charge in [0.2, 0.25) is 5.95 Å². The van der Waals surface area contributed by atoms with E-state index in [9.17, 15) is 4.79 Å². The maximum Gasteiger partial charge on any atom is 0.327 e. The molecule has 1 amide bonds. The highest BCUT2D eigenvalue weighted by Crippen LogP contribution is 2.25. The molecule has 3 aromatic rings. The number of carbonyl (C=O) groups excluding carboxylic acids is 1. The number of hydrogen-bond donors (Lipinski definition) is 1. The molecule has 1 aliphatic heterocycles. The van der Waals surface area contributed by atoms with Crippen molar-refractivity contribution in [2.45, 2.75) is 0 Å². The Morgan fingerprint density at radius 3 is 2.32 bits per heavy atom. The van der Waals surface area contributed by atoms with Crippen LogP contribution in [0.1, 0.15) is 10.4 Å². The normalized spacial score (nSPS) is 13.7. The molecule has 1 saturated heterocycles. The number of hydrogen-bond acceptors (Lipinski definition) is 8. The average Bonchev–Trinajstić information content (AvgIpc) is 2.80. The first kappa shape index (κ1) is 20.5. The first-order valence-corrected chi connectivity index (χ1v) is 9.94. The van der Waals surface area contributed by atoms with Gasteiger partial charge in [0.25, 0.3) is 5.91 Å². The molecular weight excluding hydrogens is 396 g/mol. The van der Waals surface area contributed by atoms with E-state index < -0.39 is 0 Å². The van der Waals surface area contributed by atoms with E-state index in [0.717, 1.165) is 5.56 Å². The molecule has 2 heterocycles. The standard InChI is InChI=1S/C22H24N6O3/c1-27(2)20(29)16-5-9-18(10-6-16)31-22-25-19(15-3-7-17(23)8-4-15)24-21(26-22)28-11-13-30-14-12-28/h3-10H,11-14,23H2,1-2H3. The van der Waals surface area contributed by atoms with Crippen molar-refractivity contribution in [1.82, 2.24) is 19.9 Å². The van der Waals surface area contributed by atoms with E-state index in [1.165, 1.54) is 4.90 Å². The van der Waals surface area contributed by atoms with Crippen molar-refractivity contribution in [1.29, 1.82) is 0 Å². The average molecular weight is 420 g/mol. The summed E-state index contributed by atoms with van der Waals surface area (Å²) in [4.78, 5) is 29.3. The number of rotatable bonds is 5. The lowest BCUT2D eigenvalue weighted by Gasteiger charge is -2.27. The summed E-state index contributed by atoms with van der Waals surface area (Å²) in [5, 5.41) is 0. The fourth-order valence-electron chi connectivity index (χ4n) is 3.09. The summed E-state index contributed by atoms with van der Waals surface area (Å²) in [6.45, 7) is 2.60. The molecule has 0 saturated carbocycles.